The summed E-state index contributed by atoms with van der Waals surface area (Å²) in [4.78, 5) is 9.73. The van der Waals surface area contributed by atoms with Gasteiger partial charge in [0.25, 0.3) is 0 Å². The largest absolute Gasteiger partial charge is 0.277 e. The van der Waals surface area contributed by atoms with Crippen LogP contribution in [-0.4, -0.2) is 15.1 Å². The molecule has 0 atom stereocenters. The zero-order valence-corrected chi connectivity index (χ0v) is 8.33. The molecule has 2 aromatic rings. The summed E-state index contributed by atoms with van der Waals surface area (Å²) in [6, 6.07) is 9.54. The molecule has 1 heterocycles. The monoisotopic (exact) mass is 215 g/mol. The molecular formula is C11H9N3O2. The molecule has 0 spiro atoms. The predicted molar refractivity (Wildman–Crippen MR) is 60.1 cm³/mol. The average molecular weight is 215 g/mol. The number of rotatable bonds is 3. The molecule has 0 saturated heterocycles. The molecule has 1 aromatic heterocycles. The summed E-state index contributed by atoms with van der Waals surface area (Å²) in [5.74, 6) is 0. The van der Waals surface area contributed by atoms with Gasteiger partial charge in [-0.15, -0.1) is 0 Å². The predicted octanol–water partition coefficient (Wildman–Crippen LogP) is 2.32. The molecule has 0 fully saturated rings. The van der Waals surface area contributed by atoms with Crippen LogP contribution in [0.1, 0.15) is 5.56 Å². The number of hydrogen-bond donors (Lipinski definition) is 1. The molecule has 0 bridgehead atoms. The van der Waals surface area contributed by atoms with Crippen molar-refractivity contribution in [3.8, 4) is 11.3 Å². The van der Waals surface area contributed by atoms with Crippen LogP contribution in [0.3, 0.4) is 0 Å². The highest BCUT2D eigenvalue weighted by atomic mass is 16.6. The van der Waals surface area contributed by atoms with Crippen molar-refractivity contribution in [2.24, 2.45) is 0 Å². The van der Waals surface area contributed by atoms with Crippen LogP contribution in [0.15, 0.2) is 42.7 Å². The Morgan fingerprint density at radius 2 is 2.06 bits per heavy atom. The van der Waals surface area contributed by atoms with Crippen molar-refractivity contribution in [3.05, 3.63) is 58.4 Å². The van der Waals surface area contributed by atoms with Crippen molar-refractivity contribution in [2.75, 3.05) is 0 Å². The lowest BCUT2D eigenvalue weighted by molar-refractivity contribution is -0.400. The molecule has 5 heteroatoms. The Labute approximate surface area is 91.6 Å². The van der Waals surface area contributed by atoms with Gasteiger partial charge in [0, 0.05) is 17.2 Å². The first kappa shape index (κ1) is 10.1. The van der Waals surface area contributed by atoms with Crippen molar-refractivity contribution >= 4 is 6.08 Å². The number of benzene rings is 1. The van der Waals surface area contributed by atoms with Crippen molar-refractivity contribution < 1.29 is 4.92 Å². The molecule has 0 aliphatic heterocycles. The summed E-state index contributed by atoms with van der Waals surface area (Å²) in [6.45, 7) is 0. The number of nitro groups is 1. The van der Waals surface area contributed by atoms with Gasteiger partial charge in [-0.3, -0.25) is 15.2 Å². The Balaban J connectivity index is 2.37. The number of nitrogens with zero attached hydrogens (tertiary/aromatic N) is 2. The summed E-state index contributed by atoms with van der Waals surface area (Å²) in [5.41, 5.74) is 2.42. The maximum Gasteiger partial charge on any atom is 0.235 e. The minimum Gasteiger partial charge on any atom is -0.277 e. The van der Waals surface area contributed by atoms with Gasteiger partial charge in [0.2, 0.25) is 6.20 Å². The first-order valence-corrected chi connectivity index (χ1v) is 4.68. The molecule has 0 aliphatic rings. The third-order valence-electron chi connectivity index (χ3n) is 2.11. The number of aromatic amines is 1. The van der Waals surface area contributed by atoms with Crippen LogP contribution in [0.25, 0.3) is 17.3 Å². The summed E-state index contributed by atoms with van der Waals surface area (Å²) in [6.07, 6.45) is 3.88. The van der Waals surface area contributed by atoms with E-state index in [-0.39, 0.29) is 0 Å². The van der Waals surface area contributed by atoms with Gasteiger partial charge in [0.05, 0.1) is 16.8 Å². The third-order valence-corrected chi connectivity index (χ3v) is 2.11. The minimum absolute atomic E-state index is 0.498. The fraction of sp³-hybridized carbons (Fsp3) is 0. The minimum atomic E-state index is -0.498. The third kappa shape index (κ3) is 2.14. The highest BCUT2D eigenvalue weighted by Gasteiger charge is 2.05. The molecule has 0 aliphatic carbocycles. The van der Waals surface area contributed by atoms with Gasteiger partial charge in [-0.1, -0.05) is 30.3 Å². The van der Waals surface area contributed by atoms with Crippen molar-refractivity contribution in [1.29, 1.82) is 0 Å². The van der Waals surface area contributed by atoms with E-state index in [1.54, 1.807) is 6.20 Å². The van der Waals surface area contributed by atoms with Gasteiger partial charge >= 0.3 is 0 Å². The molecule has 5 nitrogen and oxygen atoms in total. The summed E-state index contributed by atoms with van der Waals surface area (Å²) < 4.78 is 0. The Morgan fingerprint density at radius 1 is 1.31 bits per heavy atom. The molecule has 80 valence electrons. The van der Waals surface area contributed by atoms with E-state index < -0.39 is 4.92 Å². The van der Waals surface area contributed by atoms with Crippen LogP contribution >= 0.6 is 0 Å². The van der Waals surface area contributed by atoms with E-state index in [0.717, 1.165) is 17.5 Å². The molecule has 0 unspecified atom stereocenters. The smallest absolute Gasteiger partial charge is 0.235 e. The van der Waals surface area contributed by atoms with Gasteiger partial charge < -0.3 is 0 Å². The van der Waals surface area contributed by atoms with Crippen molar-refractivity contribution in [1.82, 2.24) is 10.2 Å². The lowest BCUT2D eigenvalue weighted by Gasteiger charge is -1.97. The number of hydrogen-bond acceptors (Lipinski definition) is 3. The Kier molecular flexibility index (Phi) is 2.77. The molecule has 0 saturated carbocycles. The van der Waals surface area contributed by atoms with E-state index in [2.05, 4.69) is 10.2 Å². The summed E-state index contributed by atoms with van der Waals surface area (Å²) >= 11 is 0. The molecular weight excluding hydrogens is 206 g/mol. The normalized spacial score (nSPS) is 10.8. The fourth-order valence-corrected chi connectivity index (χ4v) is 1.40. The van der Waals surface area contributed by atoms with Crippen LogP contribution in [0.5, 0.6) is 0 Å². The maximum absolute atomic E-state index is 10.2. The van der Waals surface area contributed by atoms with Crippen LogP contribution in [0, 0.1) is 10.1 Å². The fourth-order valence-electron chi connectivity index (χ4n) is 1.40. The van der Waals surface area contributed by atoms with Crippen molar-refractivity contribution in [2.45, 2.75) is 0 Å². The molecule has 2 rings (SSSR count). The first-order chi connectivity index (χ1) is 7.77. The van der Waals surface area contributed by atoms with Crippen LogP contribution in [-0.2, 0) is 0 Å². The van der Waals surface area contributed by atoms with E-state index in [1.165, 1.54) is 6.08 Å². The zero-order valence-electron chi connectivity index (χ0n) is 8.33. The van der Waals surface area contributed by atoms with E-state index >= 15 is 0 Å². The molecule has 16 heavy (non-hydrogen) atoms. The molecule has 0 amide bonds. The van der Waals surface area contributed by atoms with Gasteiger partial charge in [-0.2, -0.15) is 5.10 Å². The van der Waals surface area contributed by atoms with Crippen molar-refractivity contribution in [3.63, 3.8) is 0 Å². The first-order valence-electron chi connectivity index (χ1n) is 4.68. The van der Waals surface area contributed by atoms with E-state index in [4.69, 9.17) is 0 Å². The summed E-state index contributed by atoms with van der Waals surface area (Å²) in [5, 5.41) is 16.9. The second kappa shape index (κ2) is 4.39. The number of nitrogens with one attached hydrogen (secondary N) is 1. The lowest BCUT2D eigenvalue weighted by atomic mass is 10.1. The standard InChI is InChI=1S/C11H9N3O2/c15-14(16)7-6-10-8-12-13-11(10)9-4-2-1-3-5-9/h1-8H,(H,12,13)/b7-6+. The maximum atomic E-state index is 10.2. The van der Waals surface area contributed by atoms with Gasteiger partial charge in [-0.25, -0.2) is 0 Å². The Hall–Kier alpha value is -2.43. The quantitative estimate of drug-likeness (QED) is 0.630. The van der Waals surface area contributed by atoms with E-state index in [1.807, 2.05) is 30.3 Å². The van der Waals surface area contributed by atoms with Crippen LogP contribution in [0.4, 0.5) is 0 Å². The average Bonchev–Trinajstić information content (AvgIpc) is 2.75. The Morgan fingerprint density at radius 3 is 2.75 bits per heavy atom. The highest BCUT2D eigenvalue weighted by Crippen LogP contribution is 2.21. The van der Waals surface area contributed by atoms with E-state index in [0.29, 0.717) is 5.56 Å². The van der Waals surface area contributed by atoms with Gasteiger partial charge in [0.1, 0.15) is 0 Å². The number of aromatic nitrogens is 2. The zero-order chi connectivity index (χ0) is 11.4. The van der Waals surface area contributed by atoms with Crippen LogP contribution < -0.4 is 0 Å². The van der Waals surface area contributed by atoms with Gasteiger partial charge in [0.15, 0.2) is 0 Å². The number of H-pyrrole nitrogens is 1. The van der Waals surface area contributed by atoms with Gasteiger partial charge in [-0.05, 0) is 0 Å². The molecule has 1 N–H and O–H groups in total. The van der Waals surface area contributed by atoms with Crippen LogP contribution in [0.2, 0.25) is 0 Å². The van der Waals surface area contributed by atoms with E-state index in [9.17, 15) is 10.1 Å². The topological polar surface area (TPSA) is 71.8 Å². The molecule has 1 aromatic carbocycles. The second-order valence-corrected chi connectivity index (χ2v) is 3.17. The second-order valence-electron chi connectivity index (χ2n) is 3.17. The summed E-state index contributed by atoms with van der Waals surface area (Å²) in [7, 11) is 0. The highest BCUT2D eigenvalue weighted by molar-refractivity contribution is 5.70. The SMILES string of the molecule is O=[N+]([O-])/C=C/c1cn[nH]c1-c1ccccc1. The lowest BCUT2D eigenvalue weighted by Crippen LogP contribution is -1.84. The molecule has 0 radical (unpaired) electrons. The Bertz CT molecular complexity index is 517.